The first-order valence-corrected chi connectivity index (χ1v) is 19.2. The van der Waals surface area contributed by atoms with E-state index in [1.165, 1.54) is 69.1 Å². The fourth-order valence-corrected chi connectivity index (χ4v) is 8.83. The van der Waals surface area contributed by atoms with E-state index in [0.29, 0.717) is 0 Å². The van der Waals surface area contributed by atoms with Gasteiger partial charge in [-0.1, -0.05) is 66.5 Å². The van der Waals surface area contributed by atoms with Gasteiger partial charge in [0.1, 0.15) is 23.7 Å². The molecule has 0 aliphatic carbocycles. The normalized spacial score (nSPS) is 18.4. The minimum Gasteiger partial charge on any atom is -0.488 e. The van der Waals surface area contributed by atoms with Gasteiger partial charge in [0, 0.05) is 71.7 Å². The first-order valence-electron chi connectivity index (χ1n) is 17.3. The maximum atomic E-state index is 6.45. The fraction of sp³-hybridized carbons (Fsp3) is 0.415. The van der Waals surface area contributed by atoms with Gasteiger partial charge in [-0.05, 0) is 109 Å². The average Bonchev–Trinajstić information content (AvgIpc) is 3.65. The number of thioether (sulfide) groups is 1. The van der Waals surface area contributed by atoms with Gasteiger partial charge < -0.3 is 14.8 Å². The summed E-state index contributed by atoms with van der Waals surface area (Å²) in [6.45, 7) is 16.1. The Morgan fingerprint density at radius 1 is 0.729 bits per heavy atom. The van der Waals surface area contributed by atoms with Crippen molar-refractivity contribution in [3.63, 3.8) is 0 Å². The highest BCUT2D eigenvalue weighted by Gasteiger charge is 2.30. The summed E-state index contributed by atoms with van der Waals surface area (Å²) in [6, 6.07) is 21.0. The summed E-state index contributed by atoms with van der Waals surface area (Å²) in [5, 5.41) is 5.04. The van der Waals surface area contributed by atoms with Crippen LogP contribution in [0.2, 0.25) is 10.0 Å². The molecule has 2 unspecified atom stereocenters. The molecule has 4 aromatic carbocycles. The quantitative estimate of drug-likeness (QED) is 0.185. The number of rotatable bonds is 8. The molecule has 3 aliphatic rings. The molecule has 0 spiro atoms. The molecule has 1 N–H and O–H groups in total. The monoisotopic (exact) mass is 702 g/mol. The Kier molecular flexibility index (Phi) is 11.7. The number of hydrogen-bond acceptors (Lipinski definition) is 5. The number of benzene rings is 4. The molecule has 4 nitrogen and oxygen atoms in total. The standard InChI is InChI=1S/C21H24ClNOS.C20H24ClNO/c1-14-4-3-5-15(2)20(14)19-12-17(22)10-16-11-18(24-21(16)19)13-23-6-8-25-9-7-23;1-4-8-22-12-17-10-15-9-16(21)11-18(20(15)23-17)19-13(2)6-5-7-14(19)3/h3-5,10,12,18H,6-9,11,13H2,1-2H3;5-7,9,11,17,22H,4,8,10,12H2,1-3H3. The van der Waals surface area contributed by atoms with Crippen molar-refractivity contribution in [3.05, 3.63) is 104 Å². The van der Waals surface area contributed by atoms with Crippen LogP contribution in [0.15, 0.2) is 60.7 Å². The van der Waals surface area contributed by atoms with Gasteiger partial charge in [0.25, 0.3) is 0 Å². The third-order valence-corrected chi connectivity index (χ3v) is 11.0. The van der Waals surface area contributed by atoms with Crippen LogP contribution < -0.4 is 14.8 Å². The predicted octanol–water partition coefficient (Wildman–Crippen LogP) is 9.90. The largest absolute Gasteiger partial charge is 0.488 e. The Bertz CT molecular complexity index is 1710. The first-order chi connectivity index (χ1) is 23.2. The third-order valence-electron chi connectivity index (χ3n) is 9.59. The van der Waals surface area contributed by atoms with Crippen molar-refractivity contribution in [2.45, 2.75) is 66.1 Å². The zero-order valence-electron chi connectivity index (χ0n) is 28.9. The zero-order chi connectivity index (χ0) is 33.8. The molecule has 3 heterocycles. The second-order valence-electron chi connectivity index (χ2n) is 13.4. The van der Waals surface area contributed by atoms with Crippen LogP contribution in [-0.2, 0) is 12.8 Å². The summed E-state index contributed by atoms with van der Waals surface area (Å²) in [4.78, 5) is 2.54. The maximum absolute atomic E-state index is 6.45. The van der Waals surface area contributed by atoms with Crippen molar-refractivity contribution in [2.75, 3.05) is 44.2 Å². The van der Waals surface area contributed by atoms with Crippen LogP contribution >= 0.6 is 35.0 Å². The maximum Gasteiger partial charge on any atom is 0.131 e. The van der Waals surface area contributed by atoms with Crippen molar-refractivity contribution >= 4 is 35.0 Å². The number of nitrogens with zero attached hydrogens (tertiary/aromatic N) is 1. The van der Waals surface area contributed by atoms with Crippen molar-refractivity contribution < 1.29 is 9.47 Å². The molecule has 2 atom stereocenters. The SMILES string of the molecule is CCCNCC1Cc2cc(Cl)cc(-c3c(C)cccc3C)c2O1.Cc1cccc(C)c1-c1cc(Cl)cc2c1OC(CN1CCSCC1)C2. The highest BCUT2D eigenvalue weighted by molar-refractivity contribution is 7.99. The summed E-state index contributed by atoms with van der Waals surface area (Å²) in [7, 11) is 0. The molecule has 0 amide bonds. The molecule has 1 fully saturated rings. The molecule has 254 valence electrons. The molecule has 7 rings (SSSR count). The van der Waals surface area contributed by atoms with E-state index >= 15 is 0 Å². The lowest BCUT2D eigenvalue weighted by atomic mass is 9.93. The van der Waals surface area contributed by atoms with Crippen molar-refractivity contribution in [1.29, 1.82) is 0 Å². The molecule has 3 aliphatic heterocycles. The van der Waals surface area contributed by atoms with Gasteiger partial charge in [0.15, 0.2) is 0 Å². The van der Waals surface area contributed by atoms with Crippen LogP contribution in [0, 0.1) is 27.7 Å². The summed E-state index contributed by atoms with van der Waals surface area (Å²) in [5.41, 5.74) is 12.3. The van der Waals surface area contributed by atoms with Crippen LogP contribution in [-0.4, -0.2) is 61.3 Å². The van der Waals surface area contributed by atoms with Crippen LogP contribution in [0.3, 0.4) is 0 Å². The van der Waals surface area contributed by atoms with Gasteiger partial charge in [0.2, 0.25) is 0 Å². The van der Waals surface area contributed by atoms with Crippen molar-refractivity contribution in [2.24, 2.45) is 0 Å². The van der Waals surface area contributed by atoms with E-state index in [1.54, 1.807) is 0 Å². The average molecular weight is 704 g/mol. The van der Waals surface area contributed by atoms with E-state index in [2.05, 4.69) is 93.4 Å². The van der Waals surface area contributed by atoms with Crippen LogP contribution in [0.5, 0.6) is 11.5 Å². The Morgan fingerprint density at radius 3 is 1.71 bits per heavy atom. The van der Waals surface area contributed by atoms with Gasteiger partial charge in [-0.15, -0.1) is 0 Å². The second-order valence-corrected chi connectivity index (χ2v) is 15.5. The Balaban J connectivity index is 0.000000168. The van der Waals surface area contributed by atoms with Gasteiger partial charge in [-0.2, -0.15) is 11.8 Å². The Morgan fingerprint density at radius 2 is 1.21 bits per heavy atom. The molecular formula is C41H48Cl2N2O2S. The molecule has 1 saturated heterocycles. The number of nitrogens with one attached hydrogen (secondary N) is 1. The lowest BCUT2D eigenvalue weighted by Gasteiger charge is -2.28. The molecule has 0 aromatic heterocycles. The van der Waals surface area contributed by atoms with Crippen molar-refractivity contribution in [3.8, 4) is 33.8 Å². The molecule has 48 heavy (non-hydrogen) atoms. The summed E-state index contributed by atoms with van der Waals surface area (Å²) >= 11 is 14.9. The Labute approximate surface area is 301 Å². The van der Waals surface area contributed by atoms with Crippen LogP contribution in [0.1, 0.15) is 46.7 Å². The fourth-order valence-electron chi connectivity index (χ4n) is 7.37. The highest BCUT2D eigenvalue weighted by atomic mass is 35.5. The van der Waals surface area contributed by atoms with E-state index in [9.17, 15) is 0 Å². The number of aryl methyl sites for hydroxylation is 4. The zero-order valence-corrected chi connectivity index (χ0v) is 31.3. The lowest BCUT2D eigenvalue weighted by molar-refractivity contribution is 0.159. The van der Waals surface area contributed by atoms with E-state index in [4.69, 9.17) is 32.7 Å². The summed E-state index contributed by atoms with van der Waals surface area (Å²) in [6.07, 6.45) is 3.44. The minimum absolute atomic E-state index is 0.193. The van der Waals surface area contributed by atoms with E-state index in [1.807, 2.05) is 23.9 Å². The smallest absolute Gasteiger partial charge is 0.131 e. The molecule has 7 heteroatoms. The number of ether oxygens (including phenoxy) is 2. The summed E-state index contributed by atoms with van der Waals surface area (Å²) < 4.78 is 12.7. The van der Waals surface area contributed by atoms with Crippen LogP contribution in [0.25, 0.3) is 22.3 Å². The molecule has 0 saturated carbocycles. The number of halogens is 2. The number of hydrogen-bond donors (Lipinski definition) is 1. The van der Waals surface area contributed by atoms with E-state index in [0.717, 1.165) is 71.6 Å². The predicted molar refractivity (Wildman–Crippen MR) is 206 cm³/mol. The minimum atomic E-state index is 0.193. The molecule has 0 radical (unpaired) electrons. The molecule has 0 bridgehead atoms. The second kappa shape index (κ2) is 15.9. The van der Waals surface area contributed by atoms with Crippen molar-refractivity contribution in [1.82, 2.24) is 10.2 Å². The van der Waals surface area contributed by atoms with Gasteiger partial charge in [-0.25, -0.2) is 0 Å². The third kappa shape index (κ3) is 8.03. The highest BCUT2D eigenvalue weighted by Crippen LogP contribution is 2.44. The lowest BCUT2D eigenvalue weighted by Crippen LogP contribution is -2.39. The topological polar surface area (TPSA) is 33.7 Å². The van der Waals surface area contributed by atoms with Gasteiger partial charge >= 0.3 is 0 Å². The number of fused-ring (bicyclic) bond motifs is 2. The van der Waals surface area contributed by atoms with E-state index < -0.39 is 0 Å². The van der Waals surface area contributed by atoms with Gasteiger partial charge in [-0.3, -0.25) is 4.90 Å². The van der Waals surface area contributed by atoms with Gasteiger partial charge in [0.05, 0.1) is 0 Å². The first kappa shape index (κ1) is 35.2. The van der Waals surface area contributed by atoms with E-state index in [-0.39, 0.29) is 12.2 Å². The Hall–Kier alpha value is -2.67. The molecular weight excluding hydrogens is 655 g/mol. The summed E-state index contributed by atoms with van der Waals surface area (Å²) in [5.74, 6) is 4.52. The van der Waals surface area contributed by atoms with Crippen LogP contribution in [0.4, 0.5) is 0 Å². The molecule has 4 aromatic rings.